The first-order chi connectivity index (χ1) is 17.5. The number of nitrogens with zero attached hydrogens (tertiary/aromatic N) is 4. The summed E-state index contributed by atoms with van der Waals surface area (Å²) in [6.45, 7) is 4.15. The topological polar surface area (TPSA) is 101 Å². The summed E-state index contributed by atoms with van der Waals surface area (Å²) in [6, 6.07) is 6.70. The summed E-state index contributed by atoms with van der Waals surface area (Å²) in [5.41, 5.74) is 2.41. The third-order valence-electron chi connectivity index (χ3n) is 6.63. The van der Waals surface area contributed by atoms with Crippen LogP contribution in [0.15, 0.2) is 42.9 Å². The second kappa shape index (κ2) is 9.74. The molecule has 0 radical (unpaired) electrons. The molecule has 4 aromatic rings. The number of pyridine rings is 2. The zero-order chi connectivity index (χ0) is 26.5. The van der Waals surface area contributed by atoms with Crippen molar-refractivity contribution in [1.29, 1.82) is 0 Å². The Bertz CT molecular complexity index is 1580. The van der Waals surface area contributed by atoms with Gasteiger partial charge in [0.1, 0.15) is 27.4 Å². The first-order valence-electron chi connectivity index (χ1n) is 11.6. The van der Waals surface area contributed by atoms with Gasteiger partial charge in [-0.2, -0.15) is 5.10 Å². The van der Waals surface area contributed by atoms with Gasteiger partial charge in [0.05, 0.1) is 21.3 Å². The third kappa shape index (κ3) is 5.10. The number of sulfone groups is 1. The molecule has 1 aliphatic rings. The Morgan fingerprint density at radius 3 is 2.59 bits per heavy atom. The quantitative estimate of drug-likeness (QED) is 0.318. The van der Waals surface area contributed by atoms with Crippen LogP contribution in [0.3, 0.4) is 0 Å². The highest BCUT2D eigenvalue weighted by Crippen LogP contribution is 2.37. The number of rotatable bonds is 7. The molecule has 1 N–H and O–H groups in total. The lowest BCUT2D eigenvalue weighted by molar-refractivity contribution is 0.227. The molecule has 0 saturated carbocycles. The summed E-state index contributed by atoms with van der Waals surface area (Å²) in [5, 5.41) is 8.88. The van der Waals surface area contributed by atoms with Gasteiger partial charge in [-0.05, 0) is 38.1 Å². The molecular weight excluding hydrogens is 540 g/mol. The van der Waals surface area contributed by atoms with Crippen LogP contribution in [-0.2, 0) is 9.84 Å². The second-order valence-electron chi connectivity index (χ2n) is 9.33. The molecule has 0 aliphatic carbocycles. The number of hydrogen-bond acceptors (Lipinski definition) is 7. The summed E-state index contributed by atoms with van der Waals surface area (Å²) in [5.74, 6) is 0.282. The molecule has 1 aromatic carbocycles. The maximum atomic E-state index is 15.2. The van der Waals surface area contributed by atoms with E-state index in [-0.39, 0.29) is 23.5 Å². The SMILES string of the molecule is C[C@@H](Oc1ccc2[nH]nc(-c3cnc(N4C[C@@H](CS(C)(=O)=O)[C@@H]4C)c(F)c3)c2c1)c1c(Cl)cncc1Cl. The van der Waals surface area contributed by atoms with Gasteiger partial charge in [-0.3, -0.25) is 10.1 Å². The van der Waals surface area contributed by atoms with Crippen molar-refractivity contribution < 1.29 is 17.5 Å². The van der Waals surface area contributed by atoms with Crippen LogP contribution in [0.5, 0.6) is 5.75 Å². The Kier molecular flexibility index (Phi) is 6.76. The number of benzene rings is 1. The van der Waals surface area contributed by atoms with E-state index in [1.54, 1.807) is 17.2 Å². The van der Waals surface area contributed by atoms with E-state index in [1.165, 1.54) is 24.7 Å². The monoisotopic (exact) mass is 563 g/mol. The maximum absolute atomic E-state index is 15.2. The summed E-state index contributed by atoms with van der Waals surface area (Å²) in [4.78, 5) is 10.1. The highest BCUT2D eigenvalue weighted by atomic mass is 35.5. The zero-order valence-electron chi connectivity index (χ0n) is 20.2. The number of fused-ring (bicyclic) bond motifs is 1. The van der Waals surface area contributed by atoms with Crippen molar-refractivity contribution in [2.45, 2.75) is 26.0 Å². The molecule has 0 spiro atoms. The van der Waals surface area contributed by atoms with Gasteiger partial charge in [-0.25, -0.2) is 17.8 Å². The van der Waals surface area contributed by atoms with E-state index in [2.05, 4.69) is 20.2 Å². The summed E-state index contributed by atoms with van der Waals surface area (Å²) >= 11 is 12.5. The van der Waals surface area contributed by atoms with E-state index in [1.807, 2.05) is 26.0 Å². The van der Waals surface area contributed by atoms with Gasteiger partial charge < -0.3 is 9.64 Å². The molecule has 1 saturated heterocycles. The van der Waals surface area contributed by atoms with Crippen molar-refractivity contribution >= 4 is 49.8 Å². The second-order valence-corrected chi connectivity index (χ2v) is 12.3. The Hall–Kier alpha value is -2.95. The minimum atomic E-state index is -3.10. The normalized spacial score (nSPS) is 18.6. The van der Waals surface area contributed by atoms with Gasteiger partial charge in [0.2, 0.25) is 0 Å². The van der Waals surface area contributed by atoms with E-state index in [4.69, 9.17) is 27.9 Å². The molecule has 194 valence electrons. The van der Waals surface area contributed by atoms with E-state index in [0.29, 0.717) is 39.2 Å². The maximum Gasteiger partial charge on any atom is 0.166 e. The largest absolute Gasteiger partial charge is 0.486 e. The lowest BCUT2D eigenvalue weighted by atomic mass is 9.91. The standard InChI is InChI=1S/C25H24Cl2FN5O3S/c1-13-16(12-37(3,34)35)11-33(13)25-21(28)6-15(8-30-25)24-18-7-17(4-5-22(18)31-32-24)36-14(2)23-19(26)9-29-10-20(23)27/h4-10,13-14,16H,11-12H2,1-3H3,(H,31,32)/t13-,14+,16-/m0/s1. The van der Waals surface area contributed by atoms with Crippen LogP contribution in [0.4, 0.5) is 10.2 Å². The van der Waals surface area contributed by atoms with Crippen molar-refractivity contribution in [2.75, 3.05) is 23.5 Å². The number of hydrogen-bond donors (Lipinski definition) is 1. The zero-order valence-corrected chi connectivity index (χ0v) is 22.6. The molecule has 12 heteroatoms. The predicted octanol–water partition coefficient (Wildman–Crippen LogP) is 5.48. The fraction of sp³-hybridized carbons (Fsp3) is 0.320. The van der Waals surface area contributed by atoms with Crippen molar-refractivity contribution in [1.82, 2.24) is 20.2 Å². The Morgan fingerprint density at radius 2 is 1.95 bits per heavy atom. The van der Waals surface area contributed by atoms with E-state index >= 15 is 4.39 Å². The molecule has 1 aliphatic heterocycles. The molecule has 4 heterocycles. The number of aromatic amines is 1. The summed E-state index contributed by atoms with van der Waals surface area (Å²) in [7, 11) is -3.10. The van der Waals surface area contributed by atoms with Crippen LogP contribution in [0, 0.1) is 11.7 Å². The average molecular weight is 564 g/mol. The number of anilines is 1. The molecule has 3 aromatic heterocycles. The van der Waals surface area contributed by atoms with Gasteiger partial charge in [0, 0.05) is 59.9 Å². The number of nitrogens with one attached hydrogen (secondary N) is 1. The molecule has 0 unspecified atom stereocenters. The first-order valence-corrected chi connectivity index (χ1v) is 14.4. The minimum Gasteiger partial charge on any atom is -0.486 e. The van der Waals surface area contributed by atoms with E-state index in [0.717, 1.165) is 10.9 Å². The Morgan fingerprint density at radius 1 is 1.22 bits per heavy atom. The number of H-pyrrole nitrogens is 1. The highest BCUT2D eigenvalue weighted by molar-refractivity contribution is 7.90. The van der Waals surface area contributed by atoms with Crippen molar-refractivity contribution in [3.8, 4) is 17.0 Å². The molecule has 3 atom stereocenters. The van der Waals surface area contributed by atoms with Gasteiger partial charge >= 0.3 is 0 Å². The van der Waals surface area contributed by atoms with Crippen LogP contribution in [0.25, 0.3) is 22.2 Å². The molecular formula is C25H24Cl2FN5O3S. The Balaban J connectivity index is 1.39. The van der Waals surface area contributed by atoms with Crippen molar-refractivity contribution in [3.05, 3.63) is 64.3 Å². The summed E-state index contributed by atoms with van der Waals surface area (Å²) < 4.78 is 44.5. The fourth-order valence-electron chi connectivity index (χ4n) is 4.68. The lowest BCUT2D eigenvalue weighted by Gasteiger charge is -2.47. The Labute approximate surface area is 223 Å². The van der Waals surface area contributed by atoms with Crippen molar-refractivity contribution in [2.24, 2.45) is 5.92 Å². The summed E-state index contributed by atoms with van der Waals surface area (Å²) in [6.07, 6.45) is 5.36. The van der Waals surface area contributed by atoms with E-state index in [9.17, 15) is 8.42 Å². The van der Waals surface area contributed by atoms with Crippen LogP contribution in [-0.4, -0.2) is 53.2 Å². The smallest absolute Gasteiger partial charge is 0.166 e. The van der Waals surface area contributed by atoms with Gasteiger partial charge in [0.25, 0.3) is 0 Å². The van der Waals surface area contributed by atoms with Gasteiger partial charge in [-0.1, -0.05) is 23.2 Å². The predicted molar refractivity (Wildman–Crippen MR) is 143 cm³/mol. The van der Waals surface area contributed by atoms with Crippen LogP contribution in [0.1, 0.15) is 25.5 Å². The number of ether oxygens (including phenoxy) is 1. The van der Waals surface area contributed by atoms with Gasteiger partial charge in [0.15, 0.2) is 11.6 Å². The number of halogens is 3. The third-order valence-corrected chi connectivity index (χ3v) is 8.27. The fourth-order valence-corrected chi connectivity index (χ4v) is 6.51. The van der Waals surface area contributed by atoms with Crippen LogP contribution < -0.4 is 9.64 Å². The van der Waals surface area contributed by atoms with Crippen molar-refractivity contribution in [3.63, 3.8) is 0 Å². The molecule has 8 nitrogen and oxygen atoms in total. The molecule has 37 heavy (non-hydrogen) atoms. The van der Waals surface area contributed by atoms with Crippen LogP contribution in [0.2, 0.25) is 10.0 Å². The number of aromatic nitrogens is 4. The molecule has 1 fully saturated rings. The average Bonchev–Trinajstić information content (AvgIpc) is 3.24. The highest BCUT2D eigenvalue weighted by Gasteiger charge is 2.39. The van der Waals surface area contributed by atoms with E-state index < -0.39 is 21.8 Å². The minimum absolute atomic E-state index is 0.0520. The molecule has 5 rings (SSSR count). The lowest BCUT2D eigenvalue weighted by Crippen LogP contribution is -2.57. The first kappa shape index (κ1) is 25.7. The van der Waals surface area contributed by atoms with Gasteiger partial charge in [-0.15, -0.1) is 0 Å². The van der Waals surface area contributed by atoms with Crippen LogP contribution >= 0.6 is 23.2 Å². The molecule has 0 bridgehead atoms. The molecule has 0 amide bonds.